The Hall–Kier alpha value is -7.03. The van der Waals surface area contributed by atoms with E-state index in [9.17, 15) is 4.79 Å². The van der Waals surface area contributed by atoms with Crippen molar-refractivity contribution in [3.05, 3.63) is 120 Å². The van der Waals surface area contributed by atoms with Crippen molar-refractivity contribution in [2.24, 2.45) is 0 Å². The number of sulfonamides is 1. The fourth-order valence-electron chi connectivity index (χ4n) is 7.52. The Kier molecular flexibility index (Phi) is 12.5. The molecule has 0 saturated carbocycles. The van der Waals surface area contributed by atoms with E-state index in [1.165, 1.54) is 40.4 Å². The lowest BCUT2D eigenvalue weighted by molar-refractivity contribution is 0.0139. The van der Waals surface area contributed by atoms with Gasteiger partial charge >= 0.3 is 6.09 Å². The van der Waals surface area contributed by atoms with Crippen molar-refractivity contribution < 1.29 is 40.6 Å². The molecule has 1 fully saturated rings. The number of carbonyl (C=O) groups is 1. The molecule has 2 aromatic heterocycles. The topological polar surface area (TPSA) is 227 Å². The quantitative estimate of drug-likeness (QED) is 0.115. The highest BCUT2D eigenvalue weighted by atomic mass is 32.2. The predicted octanol–water partition coefficient (Wildman–Crippen LogP) is 6.32. The average molecular weight is 936 g/mol. The molecule has 0 aliphatic carbocycles. The Morgan fingerprint density at radius 3 is 1.89 bits per heavy atom. The van der Waals surface area contributed by atoms with Crippen LogP contribution in [0, 0.1) is 0 Å². The summed E-state index contributed by atoms with van der Waals surface area (Å²) in [7, 11) is -4.83. The molecule has 66 heavy (non-hydrogen) atoms. The normalized spacial score (nSPS) is 13.5. The Morgan fingerprint density at radius 2 is 1.35 bits per heavy atom. The smallest absolute Gasteiger partial charge is 0.410 e. The zero-order valence-electron chi connectivity index (χ0n) is 37.1. The van der Waals surface area contributed by atoms with Crippen molar-refractivity contribution >= 4 is 42.9 Å². The van der Waals surface area contributed by atoms with Crippen LogP contribution in [0.3, 0.4) is 0 Å². The van der Waals surface area contributed by atoms with Gasteiger partial charge < -0.3 is 34.6 Å². The molecule has 0 bridgehead atoms. The van der Waals surface area contributed by atoms with E-state index in [1.807, 2.05) is 12.1 Å². The van der Waals surface area contributed by atoms with Crippen molar-refractivity contribution in [2.75, 3.05) is 40.2 Å². The van der Waals surface area contributed by atoms with E-state index < -0.39 is 46.6 Å². The SMILES string of the molecule is COc1ccc(CN(Cc2ccc(OC)cc2)S(=O)(=O)c2c(S(=O)(=O)C3CN(C(=O)OC(C)(C)C)C3)ccc(-c3ccc4nc(N)[nH]c4c3)c2-c2nnn(Cc3ccc(OC)cc3)n2)cc1. The number of benzene rings is 5. The van der Waals surface area contributed by atoms with Gasteiger partial charge in [0.1, 0.15) is 33.0 Å². The maximum atomic E-state index is 16.1. The van der Waals surface area contributed by atoms with Gasteiger partial charge in [0.25, 0.3) is 0 Å². The molecule has 0 spiro atoms. The number of hydrogen-bond donors (Lipinski definition) is 2. The van der Waals surface area contributed by atoms with Gasteiger partial charge in [-0.2, -0.15) is 9.10 Å². The Bertz CT molecular complexity index is 3060. The van der Waals surface area contributed by atoms with E-state index in [4.69, 9.17) is 29.8 Å². The van der Waals surface area contributed by atoms with Crippen LogP contribution < -0.4 is 19.9 Å². The summed E-state index contributed by atoms with van der Waals surface area (Å²) in [5.74, 6) is 1.79. The number of nitrogen functional groups attached to an aromatic ring is 1. The summed E-state index contributed by atoms with van der Waals surface area (Å²) in [6, 6.07) is 29.0. The lowest BCUT2D eigenvalue weighted by atomic mass is 9.98. The first-order valence-corrected chi connectivity index (χ1v) is 23.8. The molecule has 8 rings (SSSR count). The Labute approximate surface area is 382 Å². The second kappa shape index (κ2) is 18.1. The van der Waals surface area contributed by atoms with Crippen molar-refractivity contribution in [1.82, 2.24) is 39.4 Å². The number of imidazole rings is 1. The van der Waals surface area contributed by atoms with E-state index >= 15 is 16.8 Å². The molecule has 1 aliphatic rings. The molecule has 1 saturated heterocycles. The molecule has 20 heteroatoms. The predicted molar refractivity (Wildman–Crippen MR) is 246 cm³/mol. The molecule has 344 valence electrons. The van der Waals surface area contributed by atoms with Crippen LogP contribution in [0.2, 0.25) is 0 Å². The highest BCUT2D eigenvalue weighted by Crippen LogP contribution is 2.43. The van der Waals surface area contributed by atoms with E-state index in [2.05, 4.69) is 20.3 Å². The second-order valence-electron chi connectivity index (χ2n) is 16.7. The van der Waals surface area contributed by atoms with Crippen molar-refractivity contribution in [3.8, 4) is 39.8 Å². The highest BCUT2D eigenvalue weighted by Gasteiger charge is 2.46. The number of fused-ring (bicyclic) bond motifs is 1. The fraction of sp³-hybridized carbons (Fsp3) is 0.283. The van der Waals surface area contributed by atoms with Crippen LogP contribution in [0.25, 0.3) is 33.5 Å². The van der Waals surface area contributed by atoms with Gasteiger partial charge in [0.2, 0.25) is 15.8 Å². The Morgan fingerprint density at radius 1 is 0.788 bits per heavy atom. The number of aromatic nitrogens is 6. The van der Waals surface area contributed by atoms with E-state index in [0.29, 0.717) is 45.0 Å². The molecule has 0 atom stereocenters. The highest BCUT2D eigenvalue weighted by molar-refractivity contribution is 7.94. The molecule has 5 aromatic carbocycles. The molecule has 0 radical (unpaired) electrons. The zero-order chi connectivity index (χ0) is 47.0. The fourth-order valence-corrected chi connectivity index (χ4v) is 11.6. The maximum Gasteiger partial charge on any atom is 0.410 e. The molecule has 1 amide bonds. The first kappa shape index (κ1) is 45.5. The zero-order valence-corrected chi connectivity index (χ0v) is 38.8. The number of aromatic amines is 1. The maximum absolute atomic E-state index is 16.1. The number of carbonyl (C=O) groups excluding carboxylic acids is 1. The number of nitrogens with one attached hydrogen (secondary N) is 1. The summed E-state index contributed by atoms with van der Waals surface area (Å²) in [5, 5.41) is 12.3. The van der Waals surface area contributed by atoms with Crippen LogP contribution in [-0.4, -0.2) is 108 Å². The van der Waals surface area contributed by atoms with E-state index in [0.717, 1.165) is 5.56 Å². The third kappa shape index (κ3) is 9.51. The van der Waals surface area contributed by atoms with Gasteiger partial charge in [0, 0.05) is 26.2 Å². The summed E-state index contributed by atoms with van der Waals surface area (Å²) in [6.45, 7) is 4.43. The number of nitrogens with zero attached hydrogens (tertiary/aromatic N) is 7. The number of H-pyrrole nitrogens is 1. The van der Waals surface area contributed by atoms with Gasteiger partial charge in [-0.15, -0.1) is 10.2 Å². The minimum absolute atomic E-state index is 0.110. The van der Waals surface area contributed by atoms with Crippen molar-refractivity contribution in [2.45, 2.75) is 61.0 Å². The minimum atomic E-state index is -4.90. The number of hydrogen-bond acceptors (Lipinski definition) is 14. The minimum Gasteiger partial charge on any atom is -0.497 e. The van der Waals surface area contributed by atoms with Crippen LogP contribution >= 0.6 is 0 Å². The summed E-state index contributed by atoms with van der Waals surface area (Å²) >= 11 is 0. The van der Waals surface area contributed by atoms with Gasteiger partial charge in [0.15, 0.2) is 15.8 Å². The molecule has 0 unspecified atom stereocenters. The van der Waals surface area contributed by atoms with E-state index in [1.54, 1.807) is 107 Å². The Balaban J connectivity index is 1.35. The van der Waals surface area contributed by atoms with Gasteiger partial charge in [-0.05, 0) is 108 Å². The largest absolute Gasteiger partial charge is 0.497 e. The van der Waals surface area contributed by atoms with Crippen LogP contribution in [0.1, 0.15) is 37.5 Å². The number of amides is 1. The first-order chi connectivity index (χ1) is 31.4. The molecular formula is C46H49N9O9S2. The third-order valence-electron chi connectivity index (χ3n) is 11.0. The summed E-state index contributed by atoms with van der Waals surface area (Å²) in [6.07, 6.45) is -0.685. The standard InChI is InChI=1S/C46H49N9O9S2/c1-46(2,3)64-45(56)53-27-36(28-53)65(57,58)40-22-20-37(32-13-21-38-39(23-32)49-44(47)48-38)41(43-50-52-55(51-43)26-31-11-18-35(63-6)19-12-31)42(40)66(59,60)54(24-29-7-14-33(61-4)15-8-29)25-30-9-16-34(62-5)17-10-30/h7-23,36H,24-28H2,1-6H3,(H3,47,48,49). The lowest BCUT2D eigenvalue weighted by Gasteiger charge is -2.39. The van der Waals surface area contributed by atoms with Crippen LogP contribution in [0.5, 0.6) is 17.2 Å². The average Bonchev–Trinajstić information content (AvgIpc) is 3.90. The second-order valence-corrected chi connectivity index (χ2v) is 20.8. The third-order valence-corrected chi connectivity index (χ3v) is 15.1. The van der Waals surface area contributed by atoms with Gasteiger partial charge in [0.05, 0.1) is 49.4 Å². The number of nitrogens with two attached hydrogens (primary N) is 1. The van der Waals surface area contributed by atoms with Gasteiger partial charge in [-0.1, -0.05) is 48.5 Å². The van der Waals surface area contributed by atoms with Crippen LogP contribution in [0.4, 0.5) is 10.7 Å². The number of tetrazole rings is 1. The molecular weight excluding hydrogens is 887 g/mol. The number of anilines is 1. The molecule has 3 heterocycles. The van der Waals surface area contributed by atoms with Crippen LogP contribution in [-0.2, 0) is 44.2 Å². The van der Waals surface area contributed by atoms with Crippen LogP contribution in [0.15, 0.2) is 113 Å². The van der Waals surface area contributed by atoms with Crippen molar-refractivity contribution in [1.29, 1.82) is 0 Å². The molecule has 18 nitrogen and oxygen atoms in total. The lowest BCUT2D eigenvalue weighted by Crippen LogP contribution is -2.57. The van der Waals surface area contributed by atoms with E-state index in [-0.39, 0.29) is 55.6 Å². The first-order valence-electron chi connectivity index (χ1n) is 20.8. The van der Waals surface area contributed by atoms with Gasteiger partial charge in [-0.25, -0.2) is 26.6 Å². The molecule has 1 aliphatic heterocycles. The van der Waals surface area contributed by atoms with Gasteiger partial charge in [-0.3, -0.25) is 0 Å². The molecule has 7 aromatic rings. The number of sulfone groups is 1. The number of ether oxygens (including phenoxy) is 4. The summed E-state index contributed by atoms with van der Waals surface area (Å²) in [4.78, 5) is 21.9. The van der Waals surface area contributed by atoms with Crippen molar-refractivity contribution in [3.63, 3.8) is 0 Å². The number of methoxy groups -OCH3 is 3. The number of likely N-dealkylation sites (tertiary alicyclic amines) is 1. The summed E-state index contributed by atoms with van der Waals surface area (Å²) in [5.41, 5.74) is 8.92. The summed E-state index contributed by atoms with van der Waals surface area (Å²) < 4.78 is 85.2. The number of rotatable bonds is 15. The monoisotopic (exact) mass is 935 g/mol. The molecule has 3 N–H and O–H groups in total.